The highest BCUT2D eigenvalue weighted by atomic mass is 32.2. The average Bonchev–Trinajstić information content (AvgIpc) is 2.61. The first-order chi connectivity index (χ1) is 12.6. The predicted molar refractivity (Wildman–Crippen MR) is 107 cm³/mol. The third-order valence-electron chi connectivity index (χ3n) is 3.53. The first kappa shape index (κ1) is 17.9. The van der Waals surface area contributed by atoms with Crippen LogP contribution in [0.5, 0.6) is 0 Å². The van der Waals surface area contributed by atoms with E-state index in [0.29, 0.717) is 11.4 Å². The molecule has 0 spiro atoms. The van der Waals surface area contributed by atoms with Gasteiger partial charge in [-0.3, -0.25) is 10.1 Å². The number of aliphatic imine (C=N–C) groups is 3. The molecule has 1 aliphatic rings. The van der Waals surface area contributed by atoms with Gasteiger partial charge >= 0.3 is 0 Å². The van der Waals surface area contributed by atoms with Gasteiger partial charge in [-0.25, -0.2) is 9.98 Å². The van der Waals surface area contributed by atoms with Gasteiger partial charge in [0.25, 0.3) is 0 Å². The van der Waals surface area contributed by atoms with Crippen LogP contribution in [-0.4, -0.2) is 29.3 Å². The van der Waals surface area contributed by atoms with Crippen molar-refractivity contribution in [1.82, 2.24) is 5.32 Å². The van der Waals surface area contributed by atoms with Gasteiger partial charge in [-0.2, -0.15) is 4.99 Å². The highest BCUT2D eigenvalue weighted by Crippen LogP contribution is 2.19. The number of nitrogens with two attached hydrogens (primary N) is 1. The minimum absolute atomic E-state index is 0.0442. The van der Waals surface area contributed by atoms with Gasteiger partial charge in [0.2, 0.25) is 17.8 Å². The molecule has 0 atom stereocenters. The fourth-order valence-electron chi connectivity index (χ4n) is 2.28. The number of para-hydroxylation sites is 1. The monoisotopic (exact) mass is 365 g/mol. The number of carbonyl (C=O) groups excluding carboxylic acids is 1. The van der Waals surface area contributed by atoms with Crippen LogP contribution in [-0.2, 0) is 4.79 Å². The Morgan fingerprint density at radius 3 is 2.65 bits per heavy atom. The highest BCUT2D eigenvalue weighted by molar-refractivity contribution is 8.00. The molecular formula is C19H19N5OS. The van der Waals surface area contributed by atoms with E-state index in [1.165, 1.54) is 5.56 Å². The smallest absolute Gasteiger partial charge is 0.232 e. The number of nitrogens with zero attached hydrogens (tertiary/aromatic N) is 3. The van der Waals surface area contributed by atoms with Crippen molar-refractivity contribution in [1.29, 1.82) is 0 Å². The van der Waals surface area contributed by atoms with Gasteiger partial charge in [-0.1, -0.05) is 35.9 Å². The SMILES string of the molecule is Cc1ccc(SCC2=NC(=NC(N)=Nc3ccccc3)NC(=O)C2)cc1. The normalized spacial score (nSPS) is 16.3. The van der Waals surface area contributed by atoms with E-state index in [0.717, 1.165) is 10.6 Å². The summed E-state index contributed by atoms with van der Waals surface area (Å²) in [6.07, 6.45) is 0.258. The summed E-state index contributed by atoms with van der Waals surface area (Å²) >= 11 is 1.63. The summed E-state index contributed by atoms with van der Waals surface area (Å²) in [7, 11) is 0. The third kappa shape index (κ3) is 5.29. The van der Waals surface area contributed by atoms with Crippen molar-refractivity contribution in [2.75, 3.05) is 5.75 Å². The molecule has 0 bridgehead atoms. The highest BCUT2D eigenvalue weighted by Gasteiger charge is 2.17. The summed E-state index contributed by atoms with van der Waals surface area (Å²) in [6, 6.07) is 17.5. The Kier molecular flexibility index (Phi) is 5.80. The minimum atomic E-state index is -0.147. The topological polar surface area (TPSA) is 92.2 Å². The number of amides is 1. The summed E-state index contributed by atoms with van der Waals surface area (Å²) in [6.45, 7) is 2.05. The molecule has 1 aliphatic heterocycles. The van der Waals surface area contributed by atoms with E-state index in [9.17, 15) is 4.79 Å². The van der Waals surface area contributed by atoms with E-state index in [-0.39, 0.29) is 24.2 Å². The van der Waals surface area contributed by atoms with E-state index in [2.05, 4.69) is 44.6 Å². The molecule has 0 saturated carbocycles. The second-order valence-corrected chi connectivity index (χ2v) is 6.79. The molecule has 0 saturated heterocycles. The molecular weight excluding hydrogens is 346 g/mol. The molecule has 1 amide bonds. The fourth-order valence-corrected chi connectivity index (χ4v) is 3.11. The number of hydrogen-bond acceptors (Lipinski definition) is 3. The van der Waals surface area contributed by atoms with E-state index in [1.807, 2.05) is 37.3 Å². The maximum absolute atomic E-state index is 11.9. The molecule has 6 nitrogen and oxygen atoms in total. The molecule has 0 aromatic heterocycles. The van der Waals surface area contributed by atoms with Gasteiger partial charge < -0.3 is 5.73 Å². The van der Waals surface area contributed by atoms with Crippen molar-refractivity contribution in [2.24, 2.45) is 20.7 Å². The van der Waals surface area contributed by atoms with Crippen LogP contribution in [0.4, 0.5) is 5.69 Å². The predicted octanol–water partition coefficient (Wildman–Crippen LogP) is 3.05. The van der Waals surface area contributed by atoms with Crippen LogP contribution in [0.2, 0.25) is 0 Å². The molecule has 26 heavy (non-hydrogen) atoms. The Hall–Kier alpha value is -2.93. The zero-order chi connectivity index (χ0) is 18.4. The van der Waals surface area contributed by atoms with Gasteiger partial charge in [-0.05, 0) is 31.2 Å². The van der Waals surface area contributed by atoms with E-state index in [1.54, 1.807) is 11.8 Å². The van der Waals surface area contributed by atoms with Crippen LogP contribution in [0.1, 0.15) is 12.0 Å². The molecule has 1 heterocycles. The maximum atomic E-state index is 11.9. The van der Waals surface area contributed by atoms with Gasteiger partial charge in [0.1, 0.15) is 0 Å². The van der Waals surface area contributed by atoms with Crippen molar-refractivity contribution in [3.63, 3.8) is 0 Å². The Bertz CT molecular complexity index is 873. The molecule has 0 unspecified atom stereocenters. The van der Waals surface area contributed by atoms with Crippen LogP contribution in [0.25, 0.3) is 0 Å². The largest absolute Gasteiger partial charge is 0.368 e. The number of nitrogens with one attached hydrogen (secondary N) is 1. The minimum Gasteiger partial charge on any atom is -0.368 e. The maximum Gasteiger partial charge on any atom is 0.232 e. The molecule has 3 rings (SSSR count). The fraction of sp³-hybridized carbons (Fsp3) is 0.158. The van der Waals surface area contributed by atoms with Crippen LogP contribution in [0, 0.1) is 6.92 Å². The number of benzene rings is 2. The lowest BCUT2D eigenvalue weighted by molar-refractivity contribution is -0.118. The standard InChI is InChI=1S/C19H19N5OS/c1-13-7-9-16(10-8-13)26-12-15-11-17(25)23-19(22-15)24-18(20)21-14-5-3-2-4-6-14/h2-10H,11-12H2,1H3,(H3,20,21,23,24,25). The van der Waals surface area contributed by atoms with E-state index < -0.39 is 0 Å². The molecule has 132 valence electrons. The van der Waals surface area contributed by atoms with Gasteiger partial charge in [-0.15, -0.1) is 11.8 Å². The molecule has 2 aromatic rings. The third-order valence-corrected chi connectivity index (χ3v) is 4.61. The van der Waals surface area contributed by atoms with E-state index in [4.69, 9.17) is 5.73 Å². The van der Waals surface area contributed by atoms with Crippen molar-refractivity contribution in [3.8, 4) is 0 Å². The molecule has 7 heteroatoms. The molecule has 3 N–H and O–H groups in total. The average molecular weight is 365 g/mol. The van der Waals surface area contributed by atoms with Crippen molar-refractivity contribution >= 4 is 41.0 Å². The molecule has 0 aliphatic carbocycles. The van der Waals surface area contributed by atoms with Crippen molar-refractivity contribution in [3.05, 3.63) is 60.2 Å². The lowest BCUT2D eigenvalue weighted by Gasteiger charge is -2.14. The number of thioether (sulfide) groups is 1. The van der Waals surface area contributed by atoms with E-state index >= 15 is 0 Å². The number of rotatable bonds is 4. The lowest BCUT2D eigenvalue weighted by atomic mass is 10.2. The summed E-state index contributed by atoms with van der Waals surface area (Å²) < 4.78 is 0. The Balaban J connectivity index is 1.71. The van der Waals surface area contributed by atoms with Crippen molar-refractivity contribution < 1.29 is 4.79 Å². The Labute approximate surface area is 156 Å². The zero-order valence-electron chi connectivity index (χ0n) is 14.3. The van der Waals surface area contributed by atoms with Gasteiger partial charge in [0, 0.05) is 16.4 Å². The van der Waals surface area contributed by atoms with Gasteiger partial charge in [0.15, 0.2) is 0 Å². The Morgan fingerprint density at radius 1 is 1.19 bits per heavy atom. The number of carbonyl (C=O) groups is 1. The summed E-state index contributed by atoms with van der Waals surface area (Å²) in [5, 5.41) is 2.62. The Morgan fingerprint density at radius 2 is 1.92 bits per heavy atom. The lowest BCUT2D eigenvalue weighted by Crippen LogP contribution is -2.37. The zero-order valence-corrected chi connectivity index (χ0v) is 15.2. The first-order valence-electron chi connectivity index (χ1n) is 8.12. The number of hydrogen-bond donors (Lipinski definition) is 2. The second kappa shape index (κ2) is 8.44. The quantitative estimate of drug-likeness (QED) is 0.495. The summed E-state index contributed by atoms with van der Waals surface area (Å²) in [4.78, 5) is 25.7. The van der Waals surface area contributed by atoms with Gasteiger partial charge in [0.05, 0.1) is 12.1 Å². The molecule has 0 radical (unpaired) electrons. The summed E-state index contributed by atoms with van der Waals surface area (Å²) in [5.74, 6) is 0.692. The van der Waals surface area contributed by atoms with Crippen molar-refractivity contribution in [2.45, 2.75) is 18.2 Å². The van der Waals surface area contributed by atoms with Crippen LogP contribution >= 0.6 is 11.8 Å². The first-order valence-corrected chi connectivity index (χ1v) is 9.11. The molecule has 0 fully saturated rings. The van der Waals surface area contributed by atoms with Crippen LogP contribution in [0.15, 0.2) is 74.5 Å². The number of guanidine groups is 2. The molecule has 2 aromatic carbocycles. The second-order valence-electron chi connectivity index (χ2n) is 5.75. The summed E-state index contributed by atoms with van der Waals surface area (Å²) in [5.41, 5.74) is 8.50. The number of aryl methyl sites for hydroxylation is 1. The van der Waals surface area contributed by atoms with Crippen LogP contribution < -0.4 is 11.1 Å². The van der Waals surface area contributed by atoms with Crippen LogP contribution in [0.3, 0.4) is 0 Å².